The average molecular weight is 383 g/mol. The topological polar surface area (TPSA) is 20.3 Å². The Labute approximate surface area is 142 Å². The van der Waals surface area contributed by atoms with Crippen molar-refractivity contribution in [2.45, 2.75) is 6.42 Å². The molecule has 1 amide bonds. The Bertz CT molecular complexity index is 716. The van der Waals surface area contributed by atoms with Gasteiger partial charge in [-0.1, -0.05) is 39.7 Å². The van der Waals surface area contributed by atoms with E-state index in [4.69, 9.17) is 11.6 Å². The molecule has 3 rings (SSSR count). The summed E-state index contributed by atoms with van der Waals surface area (Å²) in [6.45, 7) is 1.36. The normalized spacial score (nSPS) is 14.8. The lowest BCUT2D eigenvalue weighted by molar-refractivity contribution is 0.0501. The lowest BCUT2D eigenvalue weighted by Gasteiger charge is -2.39. The Kier molecular flexibility index (Phi) is 4.50. The van der Waals surface area contributed by atoms with E-state index in [-0.39, 0.29) is 11.5 Å². The van der Waals surface area contributed by atoms with Gasteiger partial charge in [-0.25, -0.2) is 4.39 Å². The van der Waals surface area contributed by atoms with Crippen LogP contribution in [0.5, 0.6) is 0 Å². The van der Waals surface area contributed by atoms with Gasteiger partial charge in [0.15, 0.2) is 0 Å². The fraction of sp³-hybridized carbons (Fsp3) is 0.235. The predicted molar refractivity (Wildman–Crippen MR) is 88.6 cm³/mol. The van der Waals surface area contributed by atoms with E-state index < -0.39 is 5.82 Å². The maximum absolute atomic E-state index is 13.3. The van der Waals surface area contributed by atoms with Crippen LogP contribution in [0.15, 0.2) is 46.9 Å². The molecule has 0 N–H and O–H groups in total. The molecular formula is C17H14BrClFNO. The van der Waals surface area contributed by atoms with Gasteiger partial charge < -0.3 is 4.90 Å². The van der Waals surface area contributed by atoms with E-state index in [0.717, 1.165) is 10.9 Å². The highest BCUT2D eigenvalue weighted by atomic mass is 79.9. The highest BCUT2D eigenvalue weighted by molar-refractivity contribution is 9.10. The van der Waals surface area contributed by atoms with Crippen molar-refractivity contribution < 1.29 is 9.18 Å². The molecule has 1 saturated heterocycles. The van der Waals surface area contributed by atoms with E-state index >= 15 is 0 Å². The molecule has 0 bridgehead atoms. The Morgan fingerprint density at radius 1 is 1.27 bits per heavy atom. The second kappa shape index (κ2) is 6.39. The third-order valence-corrected chi connectivity index (χ3v) is 4.64. The van der Waals surface area contributed by atoms with Crippen molar-refractivity contribution in [1.82, 2.24) is 4.90 Å². The highest BCUT2D eigenvalue weighted by Gasteiger charge is 2.32. The van der Waals surface area contributed by atoms with Crippen LogP contribution in [-0.4, -0.2) is 23.9 Å². The number of halogens is 3. The van der Waals surface area contributed by atoms with Crippen LogP contribution in [0, 0.1) is 11.7 Å². The zero-order valence-corrected chi connectivity index (χ0v) is 14.1. The first-order valence-electron chi connectivity index (χ1n) is 7.01. The number of amides is 1. The van der Waals surface area contributed by atoms with Gasteiger partial charge in [-0.3, -0.25) is 4.79 Å². The summed E-state index contributed by atoms with van der Waals surface area (Å²) >= 11 is 9.44. The molecular weight excluding hydrogens is 369 g/mol. The van der Waals surface area contributed by atoms with Gasteiger partial charge in [-0.15, -0.1) is 0 Å². The van der Waals surface area contributed by atoms with E-state index in [1.807, 2.05) is 12.1 Å². The van der Waals surface area contributed by atoms with Gasteiger partial charge in [0.25, 0.3) is 5.91 Å². The molecule has 1 aliphatic heterocycles. The Hall–Kier alpha value is -1.39. The van der Waals surface area contributed by atoms with Crippen molar-refractivity contribution in [3.8, 4) is 0 Å². The minimum atomic E-state index is -0.445. The largest absolute Gasteiger partial charge is 0.338 e. The summed E-state index contributed by atoms with van der Waals surface area (Å²) in [4.78, 5) is 14.0. The first-order valence-corrected chi connectivity index (χ1v) is 8.19. The summed E-state index contributed by atoms with van der Waals surface area (Å²) in [5.41, 5.74) is 1.48. The molecule has 1 aliphatic rings. The van der Waals surface area contributed by atoms with Gasteiger partial charge in [0.05, 0.1) is 10.6 Å². The van der Waals surface area contributed by atoms with Crippen LogP contribution in [0.4, 0.5) is 4.39 Å². The number of hydrogen-bond donors (Lipinski definition) is 0. The molecule has 0 radical (unpaired) electrons. The molecule has 1 fully saturated rings. The number of benzene rings is 2. The third kappa shape index (κ3) is 3.33. The second-order valence-corrected chi connectivity index (χ2v) is 6.86. The van der Waals surface area contributed by atoms with Crippen LogP contribution < -0.4 is 0 Å². The molecule has 0 saturated carbocycles. The number of carbonyl (C=O) groups is 1. The SMILES string of the molecule is O=C(c1cc(F)ccc1Cl)N1CC(Cc2cccc(Br)c2)C1. The quantitative estimate of drug-likeness (QED) is 0.762. The molecule has 22 heavy (non-hydrogen) atoms. The van der Waals surface area contributed by atoms with Gasteiger partial charge in [-0.05, 0) is 48.2 Å². The first kappa shape index (κ1) is 15.5. The zero-order chi connectivity index (χ0) is 15.7. The summed E-state index contributed by atoms with van der Waals surface area (Å²) in [5, 5.41) is 0.293. The van der Waals surface area contributed by atoms with Crippen LogP contribution in [-0.2, 0) is 6.42 Å². The summed E-state index contributed by atoms with van der Waals surface area (Å²) < 4.78 is 14.3. The van der Waals surface area contributed by atoms with Crippen molar-refractivity contribution in [2.24, 2.45) is 5.92 Å². The average Bonchev–Trinajstić information content (AvgIpc) is 2.44. The van der Waals surface area contributed by atoms with E-state index in [0.29, 0.717) is 24.0 Å². The number of likely N-dealkylation sites (tertiary alicyclic amines) is 1. The minimum absolute atomic E-state index is 0.199. The lowest BCUT2D eigenvalue weighted by Crippen LogP contribution is -2.50. The molecule has 0 aliphatic carbocycles. The van der Waals surface area contributed by atoms with Crippen molar-refractivity contribution in [1.29, 1.82) is 0 Å². The second-order valence-electron chi connectivity index (χ2n) is 5.53. The predicted octanol–water partition coefficient (Wildman–Crippen LogP) is 4.56. The van der Waals surface area contributed by atoms with Gasteiger partial charge in [-0.2, -0.15) is 0 Å². The maximum atomic E-state index is 13.3. The van der Waals surface area contributed by atoms with Gasteiger partial charge in [0.2, 0.25) is 0 Å². The standard InChI is InChI=1S/C17H14BrClFNO/c18-13-3-1-2-11(7-13)6-12-9-21(10-12)17(22)15-8-14(20)4-5-16(15)19/h1-5,7-8,12H,6,9-10H2. The highest BCUT2D eigenvalue weighted by Crippen LogP contribution is 2.26. The summed E-state index contributed by atoms with van der Waals surface area (Å²) in [6.07, 6.45) is 0.931. The molecule has 2 aromatic rings. The maximum Gasteiger partial charge on any atom is 0.255 e. The number of nitrogens with zero attached hydrogens (tertiary/aromatic N) is 1. The summed E-state index contributed by atoms with van der Waals surface area (Å²) in [7, 11) is 0. The van der Waals surface area contributed by atoms with Gasteiger partial charge in [0, 0.05) is 17.6 Å². The number of carbonyl (C=O) groups excluding carboxylic acids is 1. The Morgan fingerprint density at radius 3 is 2.77 bits per heavy atom. The van der Waals surface area contributed by atoms with Gasteiger partial charge >= 0.3 is 0 Å². The third-order valence-electron chi connectivity index (χ3n) is 3.82. The van der Waals surface area contributed by atoms with Gasteiger partial charge in [0.1, 0.15) is 5.82 Å². The lowest BCUT2D eigenvalue weighted by atomic mass is 9.91. The molecule has 2 aromatic carbocycles. The van der Waals surface area contributed by atoms with Crippen LogP contribution in [0.1, 0.15) is 15.9 Å². The fourth-order valence-electron chi connectivity index (χ4n) is 2.69. The van der Waals surface area contributed by atoms with E-state index in [9.17, 15) is 9.18 Å². The van der Waals surface area contributed by atoms with Crippen LogP contribution >= 0.6 is 27.5 Å². The van der Waals surface area contributed by atoms with Crippen LogP contribution in [0.3, 0.4) is 0 Å². The molecule has 0 atom stereocenters. The summed E-state index contributed by atoms with van der Waals surface area (Å²) in [6, 6.07) is 12.0. The first-order chi connectivity index (χ1) is 10.5. The van der Waals surface area contributed by atoms with Crippen molar-refractivity contribution >= 4 is 33.4 Å². The van der Waals surface area contributed by atoms with E-state index in [2.05, 4.69) is 28.1 Å². The molecule has 0 unspecified atom stereocenters. The smallest absolute Gasteiger partial charge is 0.255 e. The minimum Gasteiger partial charge on any atom is -0.338 e. The Balaban J connectivity index is 1.61. The van der Waals surface area contributed by atoms with Crippen molar-refractivity contribution in [3.63, 3.8) is 0 Å². The molecule has 0 aromatic heterocycles. The summed E-state index contributed by atoms with van der Waals surface area (Å²) in [5.74, 6) is -0.209. The number of rotatable bonds is 3. The van der Waals surface area contributed by atoms with Crippen molar-refractivity contribution in [2.75, 3.05) is 13.1 Å². The molecule has 1 heterocycles. The molecule has 114 valence electrons. The molecule has 0 spiro atoms. The van der Waals surface area contributed by atoms with Crippen molar-refractivity contribution in [3.05, 3.63) is 68.9 Å². The monoisotopic (exact) mass is 381 g/mol. The molecule has 5 heteroatoms. The van der Waals surface area contributed by atoms with E-state index in [1.165, 1.54) is 23.8 Å². The Morgan fingerprint density at radius 2 is 2.05 bits per heavy atom. The number of hydrogen-bond acceptors (Lipinski definition) is 1. The van der Waals surface area contributed by atoms with Crippen LogP contribution in [0.2, 0.25) is 5.02 Å². The van der Waals surface area contributed by atoms with E-state index in [1.54, 1.807) is 4.90 Å². The fourth-order valence-corrected chi connectivity index (χ4v) is 3.34. The zero-order valence-electron chi connectivity index (χ0n) is 11.7. The van der Waals surface area contributed by atoms with Crippen LogP contribution in [0.25, 0.3) is 0 Å². The molecule has 2 nitrogen and oxygen atoms in total.